The summed E-state index contributed by atoms with van der Waals surface area (Å²) < 4.78 is 0. The van der Waals surface area contributed by atoms with Crippen molar-refractivity contribution in [2.45, 2.75) is 286 Å². The Morgan fingerprint density at radius 2 is 0.362 bits per heavy atom. The van der Waals surface area contributed by atoms with E-state index in [4.69, 9.17) is 0 Å². The van der Waals surface area contributed by atoms with Crippen LogP contribution in [0.25, 0.3) is 0 Å². The van der Waals surface area contributed by atoms with Crippen molar-refractivity contribution in [1.29, 1.82) is 0 Å². The van der Waals surface area contributed by atoms with Gasteiger partial charge in [0.15, 0.2) is 0 Å². The molecule has 58 heavy (non-hydrogen) atoms. The Morgan fingerprint density at radius 3 is 0.500 bits per heavy atom. The molecule has 0 spiro atoms. The summed E-state index contributed by atoms with van der Waals surface area (Å²) in [6.45, 7) is 29.8. The van der Waals surface area contributed by atoms with Gasteiger partial charge in [0.1, 0.15) is 0 Å². The Kier molecular flexibility index (Phi) is 35.7. The quantitative estimate of drug-likeness (QED) is 0.214. The molecule has 340 valence electrons. The van der Waals surface area contributed by atoms with Crippen molar-refractivity contribution >= 4 is 0 Å². The zero-order chi connectivity index (χ0) is 42.6. The molecule has 8 saturated carbocycles. The van der Waals surface area contributed by atoms with Crippen LogP contribution in [0, 0.1) is 35.5 Å². The van der Waals surface area contributed by atoms with Gasteiger partial charge in [0.2, 0.25) is 0 Å². The van der Waals surface area contributed by atoms with Crippen molar-refractivity contribution in [1.82, 2.24) is 0 Å². The highest BCUT2D eigenvalue weighted by molar-refractivity contribution is 4.99. The molecule has 0 atom stereocenters. The largest absolute Gasteiger partial charge is 0.0999 e. The first-order chi connectivity index (χ1) is 27.9. The fourth-order valence-corrected chi connectivity index (χ4v) is 9.54. The van der Waals surface area contributed by atoms with E-state index in [1.54, 1.807) is 0 Å². The molecule has 0 nitrogen and oxygen atoms in total. The van der Waals surface area contributed by atoms with Crippen molar-refractivity contribution in [3.63, 3.8) is 0 Å². The van der Waals surface area contributed by atoms with Gasteiger partial charge in [0.05, 0.1) is 0 Å². The predicted molar refractivity (Wildman–Crippen MR) is 267 cm³/mol. The van der Waals surface area contributed by atoms with Gasteiger partial charge in [-0.2, -0.15) is 0 Å². The van der Waals surface area contributed by atoms with E-state index in [1.807, 2.05) is 0 Å². The van der Waals surface area contributed by atoms with Gasteiger partial charge < -0.3 is 0 Å². The molecule has 0 aromatic carbocycles. The maximum Gasteiger partial charge on any atom is -0.0320 e. The molecule has 0 N–H and O–H groups in total. The molecule has 0 heterocycles. The van der Waals surface area contributed by atoms with Crippen molar-refractivity contribution in [3.05, 3.63) is 48.6 Å². The van der Waals surface area contributed by atoms with Crippen LogP contribution in [0.5, 0.6) is 0 Å². The highest BCUT2D eigenvalue weighted by Gasteiger charge is 2.12. The number of hydrogen-bond donors (Lipinski definition) is 0. The van der Waals surface area contributed by atoms with E-state index in [9.17, 15) is 0 Å². The van der Waals surface area contributed by atoms with Crippen LogP contribution in [0.3, 0.4) is 0 Å². The van der Waals surface area contributed by atoms with Crippen LogP contribution in [0.1, 0.15) is 286 Å². The molecule has 0 radical (unpaired) electrons. The van der Waals surface area contributed by atoms with E-state index in [0.717, 1.165) is 35.5 Å². The lowest BCUT2D eigenvalue weighted by atomic mass is 9.88. The van der Waals surface area contributed by atoms with Crippen molar-refractivity contribution < 1.29 is 0 Å². The standard InChI is InChI=1S/3C8H14.3C7H14.C7H12.C6H12/c3*1-7-3-5-8(2)6-4-7;4*1-7-5-3-2-4-6-7;1-2-4-6-5-3-1/h3*8H,1,3-6H2,2H3;3*7H,2-6H2,1H3;1-6H2;1-6H2. The normalized spacial score (nSPS) is 24.2. The van der Waals surface area contributed by atoms with Crippen LogP contribution >= 0.6 is 0 Å². The molecule has 8 aliphatic carbocycles. The SMILES string of the molecule is C1CCCCC1.C=C1CCC(C)CC1.C=C1CCC(C)CC1.C=C1CCC(C)CC1.C=C1CCCCC1.CC1CCCCC1.CC1CCCCC1.CC1CCCCC1. The Bertz CT molecular complexity index is 824. The fraction of sp³-hybridized carbons (Fsp3) is 0.862. The monoisotopic (exact) mass is 805 g/mol. The predicted octanol–water partition coefficient (Wildman–Crippen LogP) is 20.9. The average Bonchev–Trinajstić information content (AvgIpc) is 3.25. The molecule has 0 aromatic heterocycles. The van der Waals surface area contributed by atoms with E-state index in [0.29, 0.717) is 0 Å². The summed E-state index contributed by atoms with van der Waals surface area (Å²) in [7, 11) is 0. The van der Waals surface area contributed by atoms with E-state index >= 15 is 0 Å². The van der Waals surface area contributed by atoms with Crippen molar-refractivity contribution in [3.8, 4) is 0 Å². The van der Waals surface area contributed by atoms with Gasteiger partial charge in [0.25, 0.3) is 0 Å². The number of hydrogen-bond acceptors (Lipinski definition) is 0. The zero-order valence-electron chi connectivity index (χ0n) is 41.2. The molecule has 8 aliphatic rings. The van der Waals surface area contributed by atoms with E-state index in [-0.39, 0.29) is 0 Å². The van der Waals surface area contributed by atoms with Gasteiger partial charge >= 0.3 is 0 Å². The fourth-order valence-electron chi connectivity index (χ4n) is 9.54. The van der Waals surface area contributed by atoms with Crippen LogP contribution < -0.4 is 0 Å². The lowest BCUT2D eigenvalue weighted by molar-refractivity contribution is 0.385. The van der Waals surface area contributed by atoms with Crippen LogP contribution in [-0.2, 0) is 0 Å². The number of rotatable bonds is 0. The van der Waals surface area contributed by atoms with Gasteiger partial charge in [-0.15, -0.1) is 0 Å². The van der Waals surface area contributed by atoms with Gasteiger partial charge in [-0.3, -0.25) is 0 Å². The first-order valence-corrected chi connectivity index (χ1v) is 26.6. The Balaban J connectivity index is 0.000000332. The second kappa shape index (κ2) is 37.7. The molecule has 8 rings (SSSR count). The van der Waals surface area contributed by atoms with Crippen molar-refractivity contribution in [2.75, 3.05) is 0 Å². The third-order valence-corrected chi connectivity index (χ3v) is 14.7. The maximum absolute atomic E-state index is 3.95. The highest BCUT2D eigenvalue weighted by atomic mass is 14.2. The number of allylic oxidation sites excluding steroid dienone is 4. The Morgan fingerprint density at radius 1 is 0.207 bits per heavy atom. The van der Waals surface area contributed by atoms with Gasteiger partial charge in [-0.05, 0) is 138 Å². The minimum atomic E-state index is 0.959. The van der Waals surface area contributed by atoms with Crippen LogP contribution in [0.15, 0.2) is 48.6 Å². The molecule has 0 amide bonds. The zero-order valence-corrected chi connectivity index (χ0v) is 41.2. The minimum Gasteiger partial charge on any atom is -0.0999 e. The average molecular weight is 806 g/mol. The summed E-state index contributed by atoms with van der Waals surface area (Å²) in [6, 6.07) is 0. The van der Waals surface area contributed by atoms with Crippen LogP contribution in [-0.4, -0.2) is 0 Å². The van der Waals surface area contributed by atoms with Gasteiger partial charge in [-0.25, -0.2) is 0 Å². The smallest absolute Gasteiger partial charge is 0.0320 e. The van der Waals surface area contributed by atoms with Gasteiger partial charge in [-0.1, -0.05) is 231 Å². The Hall–Kier alpha value is -1.04. The molecule has 0 bridgehead atoms. The summed E-state index contributed by atoms with van der Waals surface area (Å²) >= 11 is 0. The highest BCUT2D eigenvalue weighted by Crippen LogP contribution is 2.28. The minimum absolute atomic E-state index is 0.959. The lowest BCUT2D eigenvalue weighted by Crippen LogP contribution is -2.02. The second-order valence-corrected chi connectivity index (χ2v) is 21.5. The van der Waals surface area contributed by atoms with Crippen LogP contribution in [0.4, 0.5) is 0 Å². The molecule has 0 aromatic rings. The first-order valence-electron chi connectivity index (χ1n) is 26.6. The summed E-state index contributed by atoms with van der Waals surface area (Å²) in [5, 5.41) is 0. The first kappa shape index (κ1) is 55.0. The summed E-state index contributed by atoms with van der Waals surface area (Å²) in [5.41, 5.74) is 5.85. The second-order valence-electron chi connectivity index (χ2n) is 21.5. The van der Waals surface area contributed by atoms with E-state index in [2.05, 4.69) is 67.9 Å². The molecule has 0 unspecified atom stereocenters. The summed E-state index contributed by atoms with van der Waals surface area (Å²) in [4.78, 5) is 0. The van der Waals surface area contributed by atoms with Crippen LogP contribution in [0.2, 0.25) is 0 Å². The summed E-state index contributed by atoms with van der Waals surface area (Å²) in [6.07, 6.45) is 54.0. The lowest BCUT2D eigenvalue weighted by Gasteiger charge is -2.18. The van der Waals surface area contributed by atoms with Gasteiger partial charge in [0, 0.05) is 0 Å². The molecule has 0 heteroatoms. The summed E-state index contributed by atoms with van der Waals surface area (Å²) in [5.74, 6) is 5.98. The third-order valence-electron chi connectivity index (χ3n) is 14.7. The third kappa shape index (κ3) is 35.7. The van der Waals surface area contributed by atoms with E-state index in [1.165, 1.54) is 266 Å². The molecular weight excluding hydrogens is 697 g/mol. The molecule has 8 fully saturated rings. The molecule has 0 saturated heterocycles. The Labute approximate surface area is 368 Å². The topological polar surface area (TPSA) is 0 Å². The van der Waals surface area contributed by atoms with Crippen molar-refractivity contribution in [2.24, 2.45) is 35.5 Å². The molecule has 0 aliphatic heterocycles. The molecular formula is C58H108. The van der Waals surface area contributed by atoms with E-state index < -0.39 is 0 Å². The maximum atomic E-state index is 3.95.